The number of benzene rings is 1. The largest absolute Gasteiger partial charge is 0.491 e. The summed E-state index contributed by atoms with van der Waals surface area (Å²) in [6.45, 7) is 6.32. The summed E-state index contributed by atoms with van der Waals surface area (Å²) in [6.07, 6.45) is 8.76. The molecule has 1 aromatic carbocycles. The highest BCUT2D eigenvalue weighted by atomic mass is 16.5. The third-order valence-corrected chi connectivity index (χ3v) is 4.93. The van der Waals surface area contributed by atoms with Crippen LogP contribution in [0.3, 0.4) is 0 Å². The minimum Gasteiger partial charge on any atom is -0.491 e. The van der Waals surface area contributed by atoms with Crippen molar-refractivity contribution in [1.29, 1.82) is 0 Å². The van der Waals surface area contributed by atoms with Gasteiger partial charge in [-0.05, 0) is 82.1 Å². The van der Waals surface area contributed by atoms with Gasteiger partial charge in [0.05, 0.1) is 6.10 Å². The summed E-state index contributed by atoms with van der Waals surface area (Å²) >= 11 is 0. The molecule has 1 aromatic rings. The first-order valence-corrected chi connectivity index (χ1v) is 8.65. The summed E-state index contributed by atoms with van der Waals surface area (Å²) in [6, 6.07) is 7.10. The number of hydrogen-bond donors (Lipinski definition) is 1. The Morgan fingerprint density at radius 3 is 2.57 bits per heavy atom. The van der Waals surface area contributed by atoms with Crippen LogP contribution >= 0.6 is 0 Å². The maximum Gasteiger partial charge on any atom is 0.120 e. The molecule has 1 N–H and O–H groups in total. The third kappa shape index (κ3) is 3.93. The molecular weight excluding hydrogens is 258 g/mol. The molecule has 2 aliphatic rings. The summed E-state index contributed by atoms with van der Waals surface area (Å²) in [5, 5.41) is 3.79. The van der Waals surface area contributed by atoms with E-state index < -0.39 is 0 Å². The van der Waals surface area contributed by atoms with Crippen LogP contribution in [0.2, 0.25) is 0 Å². The summed E-state index contributed by atoms with van der Waals surface area (Å²) in [7, 11) is 0. The molecule has 0 radical (unpaired) electrons. The fourth-order valence-electron chi connectivity index (χ4n) is 3.72. The molecule has 3 rings (SSSR count). The van der Waals surface area contributed by atoms with E-state index in [-0.39, 0.29) is 6.10 Å². The fraction of sp³-hybridized carbons (Fsp3) is 0.684. The molecule has 2 unspecified atom stereocenters. The maximum absolute atomic E-state index is 5.77. The van der Waals surface area contributed by atoms with Gasteiger partial charge in [-0.3, -0.25) is 0 Å². The van der Waals surface area contributed by atoms with E-state index >= 15 is 0 Å². The predicted molar refractivity (Wildman–Crippen MR) is 89.0 cm³/mol. The Morgan fingerprint density at radius 1 is 1.10 bits per heavy atom. The van der Waals surface area contributed by atoms with Gasteiger partial charge in [0.1, 0.15) is 5.75 Å². The highest BCUT2D eigenvalue weighted by Crippen LogP contribution is 2.44. The normalized spacial score (nSPS) is 25.9. The summed E-state index contributed by atoms with van der Waals surface area (Å²) in [5.74, 6) is 3.02. The Balaban J connectivity index is 1.61. The van der Waals surface area contributed by atoms with Gasteiger partial charge in [-0.2, -0.15) is 0 Å². The molecular formula is C19H29NO. The van der Waals surface area contributed by atoms with Gasteiger partial charge in [-0.1, -0.05) is 12.8 Å². The third-order valence-electron chi connectivity index (χ3n) is 4.93. The molecule has 0 saturated heterocycles. The molecule has 21 heavy (non-hydrogen) atoms. The molecule has 2 heteroatoms. The average Bonchev–Trinajstić information content (AvgIpc) is 3.26. The Kier molecular flexibility index (Phi) is 4.42. The molecule has 2 saturated carbocycles. The van der Waals surface area contributed by atoms with Crippen LogP contribution in [0.1, 0.15) is 57.9 Å². The van der Waals surface area contributed by atoms with Crippen molar-refractivity contribution < 1.29 is 4.74 Å². The molecule has 0 heterocycles. The number of rotatable bonds is 5. The lowest BCUT2D eigenvalue weighted by molar-refractivity contribution is 0.242. The van der Waals surface area contributed by atoms with Crippen molar-refractivity contribution in [3.05, 3.63) is 23.8 Å². The Labute approximate surface area is 129 Å². The Hall–Kier alpha value is -1.18. The zero-order valence-corrected chi connectivity index (χ0v) is 13.7. The second-order valence-electron chi connectivity index (χ2n) is 7.25. The van der Waals surface area contributed by atoms with E-state index in [0.717, 1.165) is 17.6 Å². The molecule has 2 fully saturated rings. The van der Waals surface area contributed by atoms with Crippen LogP contribution in [-0.4, -0.2) is 12.1 Å². The van der Waals surface area contributed by atoms with Crippen molar-refractivity contribution in [1.82, 2.24) is 0 Å². The smallest absolute Gasteiger partial charge is 0.120 e. The van der Waals surface area contributed by atoms with Crippen LogP contribution in [-0.2, 0) is 0 Å². The van der Waals surface area contributed by atoms with Crippen molar-refractivity contribution in [3.63, 3.8) is 0 Å². The van der Waals surface area contributed by atoms with Crippen molar-refractivity contribution in [2.45, 2.75) is 71.4 Å². The first-order chi connectivity index (χ1) is 10.1. The first-order valence-electron chi connectivity index (χ1n) is 8.65. The number of hydrogen-bond acceptors (Lipinski definition) is 2. The Morgan fingerprint density at radius 2 is 1.90 bits per heavy atom. The molecule has 2 aliphatic carbocycles. The van der Waals surface area contributed by atoms with E-state index in [1.54, 1.807) is 0 Å². The van der Waals surface area contributed by atoms with Gasteiger partial charge in [0, 0.05) is 11.7 Å². The number of aryl methyl sites for hydroxylation is 1. The zero-order chi connectivity index (χ0) is 14.8. The minimum atomic E-state index is 0.237. The van der Waals surface area contributed by atoms with E-state index in [9.17, 15) is 0 Å². The van der Waals surface area contributed by atoms with Crippen molar-refractivity contribution in [3.8, 4) is 5.75 Å². The summed E-state index contributed by atoms with van der Waals surface area (Å²) in [4.78, 5) is 0. The van der Waals surface area contributed by atoms with Gasteiger partial charge in [-0.25, -0.2) is 0 Å². The van der Waals surface area contributed by atoms with E-state index in [0.29, 0.717) is 6.04 Å². The standard InChI is InChI=1S/C19H29NO/c1-13(2)21-18-9-10-19(14(3)11-18)20-17-6-4-5-16(12-17)15-7-8-15/h9-11,13,15-17,20H,4-8,12H2,1-3H3. The Bertz CT molecular complexity index is 478. The highest BCUT2D eigenvalue weighted by molar-refractivity contribution is 5.54. The van der Waals surface area contributed by atoms with Crippen LogP contribution in [0, 0.1) is 18.8 Å². The van der Waals surface area contributed by atoms with Crippen molar-refractivity contribution in [2.75, 3.05) is 5.32 Å². The fourth-order valence-corrected chi connectivity index (χ4v) is 3.72. The number of anilines is 1. The SMILES string of the molecule is Cc1cc(OC(C)C)ccc1NC1CCCC(C2CC2)C1. The van der Waals surface area contributed by atoms with Gasteiger partial charge in [-0.15, -0.1) is 0 Å². The van der Waals surface area contributed by atoms with Crippen LogP contribution in [0.25, 0.3) is 0 Å². The van der Waals surface area contributed by atoms with Crippen molar-refractivity contribution >= 4 is 5.69 Å². The van der Waals surface area contributed by atoms with E-state index in [4.69, 9.17) is 4.74 Å². The molecule has 0 amide bonds. The topological polar surface area (TPSA) is 21.3 Å². The molecule has 0 spiro atoms. The second-order valence-corrected chi connectivity index (χ2v) is 7.25. The lowest BCUT2D eigenvalue weighted by Crippen LogP contribution is -2.28. The molecule has 0 aromatic heterocycles. The summed E-state index contributed by atoms with van der Waals surface area (Å²) < 4.78 is 5.77. The van der Waals surface area contributed by atoms with Crippen LogP contribution in [0.5, 0.6) is 5.75 Å². The average molecular weight is 287 g/mol. The van der Waals surface area contributed by atoms with E-state index in [1.807, 2.05) is 0 Å². The predicted octanol–water partition coefficient (Wildman–Crippen LogP) is 5.16. The number of ether oxygens (including phenoxy) is 1. The molecule has 2 atom stereocenters. The quantitative estimate of drug-likeness (QED) is 0.807. The van der Waals surface area contributed by atoms with Crippen LogP contribution in [0.4, 0.5) is 5.69 Å². The molecule has 116 valence electrons. The monoisotopic (exact) mass is 287 g/mol. The van der Waals surface area contributed by atoms with Gasteiger partial charge in [0.2, 0.25) is 0 Å². The lowest BCUT2D eigenvalue weighted by Gasteiger charge is -2.31. The summed E-state index contributed by atoms with van der Waals surface area (Å²) in [5.41, 5.74) is 2.58. The highest BCUT2D eigenvalue weighted by Gasteiger charge is 2.34. The van der Waals surface area contributed by atoms with Gasteiger partial charge in [0.15, 0.2) is 0 Å². The van der Waals surface area contributed by atoms with E-state index in [1.165, 1.54) is 49.8 Å². The molecule has 2 nitrogen and oxygen atoms in total. The second kappa shape index (κ2) is 6.29. The zero-order valence-electron chi connectivity index (χ0n) is 13.7. The van der Waals surface area contributed by atoms with Gasteiger partial charge < -0.3 is 10.1 Å². The van der Waals surface area contributed by atoms with Crippen molar-refractivity contribution in [2.24, 2.45) is 11.8 Å². The van der Waals surface area contributed by atoms with E-state index in [2.05, 4.69) is 44.3 Å². The molecule has 0 aliphatic heterocycles. The lowest BCUT2D eigenvalue weighted by atomic mass is 9.82. The van der Waals surface area contributed by atoms with Gasteiger partial charge >= 0.3 is 0 Å². The van der Waals surface area contributed by atoms with Crippen LogP contribution < -0.4 is 10.1 Å². The maximum atomic E-state index is 5.77. The van der Waals surface area contributed by atoms with Crippen LogP contribution in [0.15, 0.2) is 18.2 Å². The van der Waals surface area contributed by atoms with Gasteiger partial charge in [0.25, 0.3) is 0 Å². The minimum absolute atomic E-state index is 0.237. The molecule has 0 bridgehead atoms. The first kappa shape index (κ1) is 14.7. The number of nitrogens with one attached hydrogen (secondary N) is 1.